The Balaban J connectivity index is 1.45. The van der Waals surface area contributed by atoms with Crippen LogP contribution in [0.3, 0.4) is 0 Å². The molecule has 1 aromatic carbocycles. The Labute approximate surface area is 171 Å². The number of aromatic nitrogens is 2. The average Bonchev–Trinajstić information content (AvgIpc) is 2.91. The number of hydrogen-bond acceptors (Lipinski definition) is 6. The average molecular weight is 399 g/mol. The van der Waals surface area contributed by atoms with Crippen LogP contribution in [0.5, 0.6) is 5.75 Å². The summed E-state index contributed by atoms with van der Waals surface area (Å²) in [5, 5.41) is 0. The molecule has 1 N–H and O–H groups in total. The highest BCUT2D eigenvalue weighted by molar-refractivity contribution is 5.35. The van der Waals surface area contributed by atoms with E-state index in [0.29, 0.717) is 19.2 Å². The SMILES string of the molecule is CC(C)Oc1cccc(CN2CCc3nc(N4CCOCC4)[nH]c(=O)c3CC2)c1. The Kier molecular flexibility index (Phi) is 6.16. The van der Waals surface area contributed by atoms with Crippen LogP contribution in [-0.2, 0) is 24.1 Å². The lowest BCUT2D eigenvalue weighted by Crippen LogP contribution is -2.38. The third kappa shape index (κ3) is 4.97. The first kappa shape index (κ1) is 19.9. The summed E-state index contributed by atoms with van der Waals surface area (Å²) in [6, 6.07) is 8.28. The Hall–Kier alpha value is -2.38. The number of anilines is 1. The van der Waals surface area contributed by atoms with Crippen molar-refractivity contribution in [3.63, 3.8) is 0 Å². The molecule has 29 heavy (non-hydrogen) atoms. The summed E-state index contributed by atoms with van der Waals surface area (Å²) in [7, 11) is 0. The molecule has 1 aromatic heterocycles. The molecule has 7 nitrogen and oxygen atoms in total. The molecule has 0 aliphatic carbocycles. The number of fused-ring (bicyclic) bond motifs is 1. The van der Waals surface area contributed by atoms with E-state index in [9.17, 15) is 4.79 Å². The lowest BCUT2D eigenvalue weighted by atomic mass is 10.1. The smallest absolute Gasteiger partial charge is 0.255 e. The van der Waals surface area contributed by atoms with Crippen molar-refractivity contribution in [2.45, 2.75) is 39.3 Å². The van der Waals surface area contributed by atoms with Crippen molar-refractivity contribution >= 4 is 5.95 Å². The van der Waals surface area contributed by atoms with E-state index < -0.39 is 0 Å². The largest absolute Gasteiger partial charge is 0.491 e. The quantitative estimate of drug-likeness (QED) is 0.831. The molecule has 1 saturated heterocycles. The maximum Gasteiger partial charge on any atom is 0.255 e. The van der Waals surface area contributed by atoms with Gasteiger partial charge in [0.2, 0.25) is 5.95 Å². The van der Waals surface area contributed by atoms with Gasteiger partial charge in [-0.3, -0.25) is 14.7 Å². The predicted octanol–water partition coefficient (Wildman–Crippen LogP) is 1.99. The minimum Gasteiger partial charge on any atom is -0.491 e. The predicted molar refractivity (Wildman–Crippen MR) is 113 cm³/mol. The van der Waals surface area contributed by atoms with E-state index in [2.05, 4.69) is 26.9 Å². The molecule has 156 valence electrons. The third-order valence-corrected chi connectivity index (χ3v) is 5.42. The van der Waals surface area contributed by atoms with E-state index in [-0.39, 0.29) is 11.7 Å². The molecule has 1 fully saturated rings. The zero-order chi connectivity index (χ0) is 20.2. The first-order valence-corrected chi connectivity index (χ1v) is 10.5. The van der Waals surface area contributed by atoms with E-state index in [1.807, 2.05) is 26.0 Å². The fourth-order valence-electron chi connectivity index (χ4n) is 3.97. The minimum atomic E-state index is 0.00525. The van der Waals surface area contributed by atoms with Gasteiger partial charge in [0.1, 0.15) is 5.75 Å². The van der Waals surface area contributed by atoms with Gasteiger partial charge >= 0.3 is 0 Å². The van der Waals surface area contributed by atoms with Crippen LogP contribution in [0.25, 0.3) is 0 Å². The molecule has 2 aliphatic heterocycles. The van der Waals surface area contributed by atoms with Crippen LogP contribution >= 0.6 is 0 Å². The van der Waals surface area contributed by atoms with Gasteiger partial charge in [-0.25, -0.2) is 4.98 Å². The molecule has 0 radical (unpaired) electrons. The van der Waals surface area contributed by atoms with Gasteiger partial charge in [0.25, 0.3) is 5.56 Å². The fraction of sp³-hybridized carbons (Fsp3) is 0.545. The van der Waals surface area contributed by atoms with Gasteiger partial charge < -0.3 is 14.4 Å². The second-order valence-electron chi connectivity index (χ2n) is 8.00. The third-order valence-electron chi connectivity index (χ3n) is 5.42. The highest BCUT2D eigenvalue weighted by Gasteiger charge is 2.21. The molecule has 2 aliphatic rings. The van der Waals surface area contributed by atoms with E-state index in [1.54, 1.807) is 0 Å². The van der Waals surface area contributed by atoms with Crippen molar-refractivity contribution in [1.82, 2.24) is 14.9 Å². The Morgan fingerprint density at radius 3 is 2.76 bits per heavy atom. The second-order valence-corrected chi connectivity index (χ2v) is 8.00. The van der Waals surface area contributed by atoms with Crippen molar-refractivity contribution in [1.29, 1.82) is 0 Å². The van der Waals surface area contributed by atoms with Crippen molar-refractivity contribution < 1.29 is 9.47 Å². The molecular formula is C22H30N4O3. The van der Waals surface area contributed by atoms with Crippen LogP contribution in [-0.4, -0.2) is 60.4 Å². The van der Waals surface area contributed by atoms with Gasteiger partial charge in [-0.15, -0.1) is 0 Å². The van der Waals surface area contributed by atoms with Crippen molar-refractivity contribution in [3.8, 4) is 5.75 Å². The summed E-state index contributed by atoms with van der Waals surface area (Å²) >= 11 is 0. The van der Waals surface area contributed by atoms with E-state index in [4.69, 9.17) is 14.5 Å². The zero-order valence-corrected chi connectivity index (χ0v) is 17.3. The van der Waals surface area contributed by atoms with Crippen molar-refractivity contribution in [3.05, 3.63) is 51.4 Å². The fourth-order valence-corrected chi connectivity index (χ4v) is 3.97. The zero-order valence-electron chi connectivity index (χ0n) is 17.3. The Morgan fingerprint density at radius 2 is 1.97 bits per heavy atom. The number of nitrogens with zero attached hydrogens (tertiary/aromatic N) is 3. The van der Waals surface area contributed by atoms with Crippen LogP contribution in [0, 0.1) is 0 Å². The van der Waals surface area contributed by atoms with Gasteiger partial charge in [-0.1, -0.05) is 12.1 Å². The van der Waals surface area contributed by atoms with Crippen LogP contribution in [0.1, 0.15) is 30.7 Å². The summed E-state index contributed by atoms with van der Waals surface area (Å²) in [5.41, 5.74) is 3.01. The standard InChI is InChI=1S/C22H30N4O3/c1-16(2)29-18-5-3-4-17(14-18)15-25-8-6-19-20(7-9-25)23-22(24-21(19)27)26-10-12-28-13-11-26/h3-5,14,16H,6-13,15H2,1-2H3,(H,23,24,27). The van der Waals surface area contributed by atoms with Gasteiger partial charge in [0.05, 0.1) is 25.0 Å². The van der Waals surface area contributed by atoms with E-state index in [0.717, 1.165) is 62.6 Å². The molecule has 0 spiro atoms. The Bertz CT molecular complexity index is 890. The minimum absolute atomic E-state index is 0.00525. The summed E-state index contributed by atoms with van der Waals surface area (Å²) in [6.45, 7) is 9.54. The molecule has 0 atom stereocenters. The van der Waals surface area contributed by atoms with E-state index in [1.165, 1.54) is 5.56 Å². The normalized spacial score (nSPS) is 17.8. The highest BCUT2D eigenvalue weighted by Crippen LogP contribution is 2.19. The van der Waals surface area contributed by atoms with Gasteiger partial charge in [0, 0.05) is 44.7 Å². The maximum absolute atomic E-state index is 12.7. The number of rotatable bonds is 5. The van der Waals surface area contributed by atoms with Crippen molar-refractivity contribution in [2.24, 2.45) is 0 Å². The van der Waals surface area contributed by atoms with E-state index >= 15 is 0 Å². The first-order valence-electron chi connectivity index (χ1n) is 10.5. The summed E-state index contributed by atoms with van der Waals surface area (Å²) in [5.74, 6) is 1.59. The lowest BCUT2D eigenvalue weighted by molar-refractivity contribution is 0.122. The summed E-state index contributed by atoms with van der Waals surface area (Å²) in [4.78, 5) is 25.0. The first-order chi connectivity index (χ1) is 14.1. The van der Waals surface area contributed by atoms with Gasteiger partial charge in [-0.05, 0) is 38.0 Å². The molecule has 7 heteroatoms. The lowest BCUT2D eigenvalue weighted by Gasteiger charge is -2.27. The molecule has 0 saturated carbocycles. The molecule has 0 unspecified atom stereocenters. The van der Waals surface area contributed by atoms with Crippen LogP contribution in [0.4, 0.5) is 5.95 Å². The Morgan fingerprint density at radius 1 is 1.17 bits per heavy atom. The topological polar surface area (TPSA) is 70.7 Å². The van der Waals surface area contributed by atoms with Gasteiger partial charge in [-0.2, -0.15) is 0 Å². The molecule has 0 amide bonds. The monoisotopic (exact) mass is 398 g/mol. The maximum atomic E-state index is 12.7. The van der Waals surface area contributed by atoms with Crippen LogP contribution in [0.15, 0.2) is 29.1 Å². The number of nitrogens with one attached hydrogen (secondary N) is 1. The number of benzene rings is 1. The number of ether oxygens (including phenoxy) is 2. The molecule has 3 heterocycles. The molecule has 0 bridgehead atoms. The molecular weight excluding hydrogens is 368 g/mol. The molecule has 4 rings (SSSR count). The summed E-state index contributed by atoms with van der Waals surface area (Å²) < 4.78 is 11.2. The number of morpholine rings is 1. The summed E-state index contributed by atoms with van der Waals surface area (Å²) in [6.07, 6.45) is 1.68. The van der Waals surface area contributed by atoms with Crippen LogP contribution < -0.4 is 15.2 Å². The van der Waals surface area contributed by atoms with Crippen molar-refractivity contribution in [2.75, 3.05) is 44.3 Å². The number of aromatic amines is 1. The second kappa shape index (κ2) is 8.97. The highest BCUT2D eigenvalue weighted by atomic mass is 16.5. The molecule has 2 aromatic rings. The van der Waals surface area contributed by atoms with Gasteiger partial charge in [0.15, 0.2) is 0 Å². The number of H-pyrrole nitrogens is 1. The van der Waals surface area contributed by atoms with Crippen LogP contribution in [0.2, 0.25) is 0 Å². The number of hydrogen-bond donors (Lipinski definition) is 1.